The van der Waals surface area contributed by atoms with Crippen molar-refractivity contribution in [3.05, 3.63) is 65.2 Å². The Kier molecular flexibility index (Phi) is 2.59. The van der Waals surface area contributed by atoms with Gasteiger partial charge in [0.25, 0.3) is 5.91 Å². The number of benzene rings is 2. The van der Waals surface area contributed by atoms with Crippen molar-refractivity contribution in [1.82, 2.24) is 0 Å². The summed E-state index contributed by atoms with van der Waals surface area (Å²) in [5.41, 5.74) is 10.1. The third kappa shape index (κ3) is 1.69. The SMILES string of the molecule is NCC1OC(=C2C(=O)Nc3ccccc32)c2ccccc21. The molecule has 0 radical (unpaired) electrons. The monoisotopic (exact) mass is 278 g/mol. The number of rotatable bonds is 1. The molecular formula is C17H14N2O2. The van der Waals surface area contributed by atoms with E-state index in [-0.39, 0.29) is 12.0 Å². The van der Waals surface area contributed by atoms with Gasteiger partial charge < -0.3 is 15.8 Å². The van der Waals surface area contributed by atoms with E-state index in [9.17, 15) is 4.79 Å². The highest BCUT2D eigenvalue weighted by Crippen LogP contribution is 2.45. The van der Waals surface area contributed by atoms with Gasteiger partial charge in [-0.25, -0.2) is 0 Å². The van der Waals surface area contributed by atoms with Gasteiger partial charge in [-0.1, -0.05) is 42.5 Å². The van der Waals surface area contributed by atoms with E-state index in [1.165, 1.54) is 0 Å². The number of fused-ring (bicyclic) bond motifs is 2. The molecule has 104 valence electrons. The predicted octanol–water partition coefficient (Wildman–Crippen LogP) is 2.54. The van der Waals surface area contributed by atoms with Gasteiger partial charge in [-0.05, 0) is 6.07 Å². The molecule has 0 fully saturated rings. The predicted molar refractivity (Wildman–Crippen MR) is 81.2 cm³/mol. The Hall–Kier alpha value is -2.59. The lowest BCUT2D eigenvalue weighted by Crippen LogP contribution is -2.11. The fourth-order valence-corrected chi connectivity index (χ4v) is 2.97. The van der Waals surface area contributed by atoms with Crippen molar-refractivity contribution < 1.29 is 9.53 Å². The Balaban J connectivity index is 1.97. The van der Waals surface area contributed by atoms with Crippen LogP contribution in [0.2, 0.25) is 0 Å². The van der Waals surface area contributed by atoms with E-state index in [2.05, 4.69) is 5.32 Å². The molecule has 2 aromatic rings. The summed E-state index contributed by atoms with van der Waals surface area (Å²) >= 11 is 0. The first-order valence-electron chi connectivity index (χ1n) is 6.90. The minimum absolute atomic E-state index is 0.126. The number of ether oxygens (including phenoxy) is 1. The summed E-state index contributed by atoms with van der Waals surface area (Å²) in [5, 5.41) is 2.88. The first-order chi connectivity index (χ1) is 10.3. The molecule has 0 spiro atoms. The smallest absolute Gasteiger partial charge is 0.260 e. The molecule has 0 saturated carbocycles. The minimum Gasteiger partial charge on any atom is -0.483 e. The van der Waals surface area contributed by atoms with Crippen LogP contribution in [0.5, 0.6) is 0 Å². The average Bonchev–Trinajstić information content (AvgIpc) is 3.04. The van der Waals surface area contributed by atoms with Crippen LogP contribution in [-0.4, -0.2) is 12.5 Å². The standard InChI is InChI=1S/C17H14N2O2/c18-9-14-10-5-1-2-6-11(10)16(21-14)15-12-7-3-4-8-13(12)19-17(15)20/h1-8,14H,9,18H2,(H,19,20). The molecule has 1 atom stereocenters. The molecule has 0 aromatic heterocycles. The number of nitrogens with one attached hydrogen (secondary N) is 1. The van der Waals surface area contributed by atoms with Gasteiger partial charge in [0, 0.05) is 28.9 Å². The number of carbonyl (C=O) groups is 1. The summed E-state index contributed by atoms with van der Waals surface area (Å²) in [5.74, 6) is 0.502. The quantitative estimate of drug-likeness (QED) is 0.788. The fraction of sp³-hybridized carbons (Fsp3) is 0.118. The van der Waals surface area contributed by atoms with Crippen LogP contribution in [0.15, 0.2) is 48.5 Å². The highest BCUT2D eigenvalue weighted by molar-refractivity contribution is 6.36. The van der Waals surface area contributed by atoms with Crippen LogP contribution < -0.4 is 11.1 Å². The maximum Gasteiger partial charge on any atom is 0.260 e. The van der Waals surface area contributed by atoms with Crippen molar-refractivity contribution in [3.63, 3.8) is 0 Å². The third-order valence-electron chi connectivity index (χ3n) is 3.93. The minimum atomic E-state index is -0.190. The molecule has 2 aliphatic rings. The van der Waals surface area contributed by atoms with Crippen molar-refractivity contribution >= 4 is 22.9 Å². The number of nitrogens with two attached hydrogens (primary N) is 1. The first kappa shape index (κ1) is 12.2. The molecule has 2 aliphatic heterocycles. The molecule has 0 aliphatic carbocycles. The number of anilines is 1. The molecule has 0 saturated heterocycles. The summed E-state index contributed by atoms with van der Waals surface area (Å²) < 4.78 is 5.99. The van der Waals surface area contributed by atoms with E-state index < -0.39 is 0 Å². The third-order valence-corrected chi connectivity index (χ3v) is 3.93. The van der Waals surface area contributed by atoms with E-state index in [0.29, 0.717) is 17.9 Å². The van der Waals surface area contributed by atoms with Crippen LogP contribution in [0, 0.1) is 0 Å². The van der Waals surface area contributed by atoms with Crippen LogP contribution in [-0.2, 0) is 9.53 Å². The molecule has 2 aromatic carbocycles. The van der Waals surface area contributed by atoms with Crippen molar-refractivity contribution in [1.29, 1.82) is 0 Å². The second-order valence-corrected chi connectivity index (χ2v) is 5.13. The van der Waals surface area contributed by atoms with Gasteiger partial charge in [0.1, 0.15) is 11.9 Å². The summed E-state index contributed by atoms with van der Waals surface area (Å²) in [6.07, 6.45) is -0.190. The Bertz CT molecular complexity index is 780. The van der Waals surface area contributed by atoms with Crippen LogP contribution in [0.3, 0.4) is 0 Å². The van der Waals surface area contributed by atoms with Crippen molar-refractivity contribution in [2.45, 2.75) is 6.10 Å². The lowest BCUT2D eigenvalue weighted by atomic mass is 9.99. The second-order valence-electron chi connectivity index (χ2n) is 5.13. The number of amides is 1. The zero-order valence-corrected chi connectivity index (χ0v) is 11.3. The molecule has 21 heavy (non-hydrogen) atoms. The van der Waals surface area contributed by atoms with E-state index in [0.717, 1.165) is 22.4 Å². The summed E-state index contributed by atoms with van der Waals surface area (Å²) in [7, 11) is 0. The number of carbonyl (C=O) groups excluding carboxylic acids is 1. The van der Waals surface area contributed by atoms with Crippen LogP contribution in [0.1, 0.15) is 22.8 Å². The largest absolute Gasteiger partial charge is 0.483 e. The zero-order valence-electron chi connectivity index (χ0n) is 11.3. The molecule has 1 unspecified atom stereocenters. The van der Waals surface area contributed by atoms with Crippen molar-refractivity contribution in [2.75, 3.05) is 11.9 Å². The molecule has 1 amide bonds. The molecule has 4 heteroatoms. The summed E-state index contributed by atoms with van der Waals surface area (Å²) in [4.78, 5) is 12.3. The fourth-order valence-electron chi connectivity index (χ4n) is 2.97. The number of para-hydroxylation sites is 1. The first-order valence-corrected chi connectivity index (χ1v) is 6.90. The topological polar surface area (TPSA) is 64.3 Å². The zero-order chi connectivity index (χ0) is 14.4. The Morgan fingerprint density at radius 2 is 1.76 bits per heavy atom. The summed E-state index contributed by atoms with van der Waals surface area (Å²) in [6, 6.07) is 15.5. The lowest BCUT2D eigenvalue weighted by molar-refractivity contribution is -0.110. The highest BCUT2D eigenvalue weighted by Gasteiger charge is 2.35. The number of hydrogen-bond donors (Lipinski definition) is 2. The average molecular weight is 278 g/mol. The van der Waals surface area contributed by atoms with E-state index in [4.69, 9.17) is 10.5 Å². The molecular weight excluding hydrogens is 264 g/mol. The number of hydrogen-bond acceptors (Lipinski definition) is 3. The molecule has 4 rings (SSSR count). The molecule has 4 nitrogen and oxygen atoms in total. The summed E-state index contributed by atoms with van der Waals surface area (Å²) in [6.45, 7) is 0.386. The molecule has 2 heterocycles. The van der Waals surface area contributed by atoms with Crippen molar-refractivity contribution in [3.8, 4) is 0 Å². The van der Waals surface area contributed by atoms with Gasteiger partial charge in [-0.2, -0.15) is 0 Å². The maximum atomic E-state index is 12.3. The molecule has 0 bridgehead atoms. The highest BCUT2D eigenvalue weighted by atomic mass is 16.5. The van der Waals surface area contributed by atoms with Gasteiger partial charge in [-0.15, -0.1) is 0 Å². The molecule has 3 N–H and O–H groups in total. The Labute approximate surface area is 122 Å². The maximum absolute atomic E-state index is 12.3. The Morgan fingerprint density at radius 3 is 2.57 bits per heavy atom. The van der Waals surface area contributed by atoms with Gasteiger partial charge in [-0.3, -0.25) is 4.79 Å². The second kappa shape index (κ2) is 4.46. The van der Waals surface area contributed by atoms with Crippen LogP contribution in [0.4, 0.5) is 5.69 Å². The van der Waals surface area contributed by atoms with E-state index >= 15 is 0 Å². The van der Waals surface area contributed by atoms with Gasteiger partial charge in [0.2, 0.25) is 0 Å². The Morgan fingerprint density at radius 1 is 1.05 bits per heavy atom. The normalized spacial score (nSPS) is 22.5. The van der Waals surface area contributed by atoms with Crippen LogP contribution >= 0.6 is 0 Å². The van der Waals surface area contributed by atoms with Crippen molar-refractivity contribution in [2.24, 2.45) is 5.73 Å². The van der Waals surface area contributed by atoms with Crippen LogP contribution in [0.25, 0.3) is 11.3 Å². The van der Waals surface area contributed by atoms with E-state index in [1.54, 1.807) is 0 Å². The van der Waals surface area contributed by atoms with Gasteiger partial charge >= 0.3 is 0 Å². The van der Waals surface area contributed by atoms with Gasteiger partial charge in [0.15, 0.2) is 0 Å². The lowest BCUT2D eigenvalue weighted by Gasteiger charge is -2.09. The van der Waals surface area contributed by atoms with Gasteiger partial charge in [0.05, 0.1) is 5.57 Å². The van der Waals surface area contributed by atoms with E-state index in [1.807, 2.05) is 48.5 Å².